The molecule has 1 saturated carbocycles. The van der Waals surface area contributed by atoms with Crippen LogP contribution in [0.2, 0.25) is 0 Å². The normalized spacial score (nSPS) is 23.3. The number of carbonyl (C=O) groups excluding carboxylic acids is 1. The van der Waals surface area contributed by atoms with Gasteiger partial charge in [-0.3, -0.25) is 9.59 Å². The second kappa shape index (κ2) is 4.90. The Labute approximate surface area is 117 Å². The first-order chi connectivity index (χ1) is 9.62. The van der Waals surface area contributed by atoms with Crippen LogP contribution in [0.5, 0.6) is 0 Å². The monoisotopic (exact) mass is 274 g/mol. The van der Waals surface area contributed by atoms with Crippen molar-refractivity contribution < 1.29 is 14.7 Å². The summed E-state index contributed by atoms with van der Waals surface area (Å²) < 4.78 is 0. The van der Waals surface area contributed by atoms with Gasteiger partial charge in [-0.05, 0) is 43.5 Å². The zero-order valence-corrected chi connectivity index (χ0v) is 11.2. The number of hydrogen-bond donors (Lipinski definition) is 3. The number of amides is 1. The minimum Gasteiger partial charge on any atom is -0.481 e. The van der Waals surface area contributed by atoms with E-state index in [1.54, 1.807) is 12.1 Å². The van der Waals surface area contributed by atoms with Crippen molar-refractivity contribution >= 4 is 17.6 Å². The molecule has 2 aliphatic rings. The number of benzene rings is 1. The third-order valence-electron chi connectivity index (χ3n) is 4.30. The number of hydrogen-bond acceptors (Lipinski definition) is 3. The molecule has 5 nitrogen and oxygen atoms in total. The lowest BCUT2D eigenvalue weighted by molar-refractivity contribution is -0.140. The Bertz CT molecular complexity index is 529. The third kappa shape index (κ3) is 2.29. The van der Waals surface area contributed by atoms with Crippen LogP contribution >= 0.6 is 0 Å². The standard InChI is InChI=1S/C15H18N2O3/c18-13(10-5-8-16-9-10)17-12-3-1-11(2-4-12)15(6-7-15)14(19)20/h1-4,10,16H,5-9H2,(H,17,18)(H,19,20). The van der Waals surface area contributed by atoms with Gasteiger partial charge >= 0.3 is 5.97 Å². The highest BCUT2D eigenvalue weighted by molar-refractivity contribution is 5.93. The van der Waals surface area contributed by atoms with Crippen LogP contribution in [0.1, 0.15) is 24.8 Å². The summed E-state index contributed by atoms with van der Waals surface area (Å²) >= 11 is 0. The molecule has 1 aromatic rings. The molecule has 1 atom stereocenters. The fourth-order valence-corrected chi connectivity index (χ4v) is 2.75. The Kier molecular flexibility index (Phi) is 3.22. The second-order valence-electron chi connectivity index (χ2n) is 5.64. The molecule has 1 aliphatic heterocycles. The molecular formula is C15H18N2O3. The minimum absolute atomic E-state index is 0.0297. The first-order valence-corrected chi connectivity index (χ1v) is 6.97. The zero-order valence-electron chi connectivity index (χ0n) is 11.2. The van der Waals surface area contributed by atoms with E-state index >= 15 is 0 Å². The smallest absolute Gasteiger partial charge is 0.314 e. The minimum atomic E-state index is -0.758. The van der Waals surface area contributed by atoms with Gasteiger partial charge in [0, 0.05) is 12.2 Å². The van der Waals surface area contributed by atoms with E-state index in [0.29, 0.717) is 12.8 Å². The maximum Gasteiger partial charge on any atom is 0.314 e. The van der Waals surface area contributed by atoms with Gasteiger partial charge in [-0.2, -0.15) is 0 Å². The van der Waals surface area contributed by atoms with Crippen LogP contribution in [0.4, 0.5) is 5.69 Å². The number of rotatable bonds is 4. The maximum absolute atomic E-state index is 12.0. The number of carbonyl (C=O) groups is 2. The van der Waals surface area contributed by atoms with Crippen molar-refractivity contribution in [2.45, 2.75) is 24.7 Å². The highest BCUT2D eigenvalue weighted by Gasteiger charge is 2.51. The zero-order chi connectivity index (χ0) is 14.2. The molecule has 106 valence electrons. The second-order valence-corrected chi connectivity index (χ2v) is 5.64. The van der Waals surface area contributed by atoms with Crippen LogP contribution in [0.3, 0.4) is 0 Å². The van der Waals surface area contributed by atoms with E-state index in [9.17, 15) is 14.7 Å². The topological polar surface area (TPSA) is 78.4 Å². The predicted molar refractivity (Wildman–Crippen MR) is 74.6 cm³/mol. The van der Waals surface area contributed by atoms with Gasteiger partial charge in [0.05, 0.1) is 11.3 Å². The van der Waals surface area contributed by atoms with Gasteiger partial charge in [0.2, 0.25) is 5.91 Å². The van der Waals surface area contributed by atoms with Crippen molar-refractivity contribution in [2.75, 3.05) is 18.4 Å². The Morgan fingerprint density at radius 1 is 1.25 bits per heavy atom. The summed E-state index contributed by atoms with van der Waals surface area (Å²) in [5.41, 5.74) is 0.870. The molecule has 2 fully saturated rings. The predicted octanol–water partition coefficient (Wildman–Crippen LogP) is 1.35. The van der Waals surface area contributed by atoms with Crippen LogP contribution in [0.15, 0.2) is 24.3 Å². The Balaban J connectivity index is 1.67. The fourth-order valence-electron chi connectivity index (χ4n) is 2.75. The molecular weight excluding hydrogens is 256 g/mol. The van der Waals surface area contributed by atoms with Crippen molar-refractivity contribution in [2.24, 2.45) is 5.92 Å². The number of anilines is 1. The summed E-state index contributed by atoms with van der Waals surface area (Å²) in [6.45, 7) is 1.62. The van der Waals surface area contributed by atoms with E-state index in [2.05, 4.69) is 10.6 Å². The van der Waals surface area contributed by atoms with Crippen LogP contribution in [-0.4, -0.2) is 30.1 Å². The van der Waals surface area contributed by atoms with Crippen LogP contribution < -0.4 is 10.6 Å². The Morgan fingerprint density at radius 3 is 2.45 bits per heavy atom. The average Bonchev–Trinajstić information content (AvgIpc) is 3.07. The lowest BCUT2D eigenvalue weighted by atomic mass is 9.96. The van der Waals surface area contributed by atoms with Gasteiger partial charge in [-0.25, -0.2) is 0 Å². The highest BCUT2D eigenvalue weighted by atomic mass is 16.4. The molecule has 0 radical (unpaired) electrons. The molecule has 5 heteroatoms. The van der Waals surface area contributed by atoms with Gasteiger partial charge in [-0.1, -0.05) is 12.1 Å². The molecule has 1 aromatic carbocycles. The van der Waals surface area contributed by atoms with E-state index < -0.39 is 11.4 Å². The van der Waals surface area contributed by atoms with Crippen molar-refractivity contribution in [1.82, 2.24) is 5.32 Å². The van der Waals surface area contributed by atoms with E-state index in [1.807, 2.05) is 12.1 Å². The summed E-state index contributed by atoms with van der Waals surface area (Å²) in [5.74, 6) is -0.697. The first-order valence-electron chi connectivity index (χ1n) is 6.97. The SMILES string of the molecule is O=C(Nc1ccc(C2(C(=O)O)CC2)cc1)C1CCNC1. The molecule has 3 N–H and O–H groups in total. The number of aliphatic carboxylic acids is 1. The van der Waals surface area contributed by atoms with Gasteiger partial charge < -0.3 is 15.7 Å². The third-order valence-corrected chi connectivity index (χ3v) is 4.30. The first kappa shape index (κ1) is 13.1. The van der Waals surface area contributed by atoms with Crippen LogP contribution in [-0.2, 0) is 15.0 Å². The molecule has 0 bridgehead atoms. The average molecular weight is 274 g/mol. The molecule has 1 heterocycles. The Morgan fingerprint density at radius 2 is 1.95 bits per heavy atom. The summed E-state index contributed by atoms with van der Waals surface area (Å²) in [6, 6.07) is 7.20. The lowest BCUT2D eigenvalue weighted by Gasteiger charge is -2.13. The number of nitrogens with one attached hydrogen (secondary N) is 2. The number of carboxylic acid groups (broad SMARTS) is 1. The summed E-state index contributed by atoms with van der Waals surface area (Å²) in [4.78, 5) is 23.2. The molecule has 0 spiro atoms. The van der Waals surface area contributed by atoms with Gasteiger partial charge in [0.15, 0.2) is 0 Å². The van der Waals surface area contributed by atoms with E-state index in [1.165, 1.54) is 0 Å². The Hall–Kier alpha value is -1.88. The quantitative estimate of drug-likeness (QED) is 0.774. The largest absolute Gasteiger partial charge is 0.481 e. The van der Waals surface area contributed by atoms with Crippen molar-refractivity contribution in [3.63, 3.8) is 0 Å². The number of carboxylic acids is 1. The van der Waals surface area contributed by atoms with Crippen LogP contribution in [0.25, 0.3) is 0 Å². The molecule has 1 amide bonds. The molecule has 20 heavy (non-hydrogen) atoms. The van der Waals surface area contributed by atoms with Crippen molar-refractivity contribution in [3.8, 4) is 0 Å². The molecule has 0 aromatic heterocycles. The molecule has 1 unspecified atom stereocenters. The van der Waals surface area contributed by atoms with Crippen molar-refractivity contribution in [3.05, 3.63) is 29.8 Å². The van der Waals surface area contributed by atoms with Gasteiger partial charge in [-0.15, -0.1) is 0 Å². The molecule has 1 saturated heterocycles. The summed E-state index contributed by atoms with van der Waals surface area (Å²) in [5, 5.41) is 15.3. The fraction of sp³-hybridized carbons (Fsp3) is 0.467. The summed E-state index contributed by atoms with van der Waals surface area (Å²) in [7, 11) is 0. The van der Waals surface area contributed by atoms with Gasteiger partial charge in [0.25, 0.3) is 0 Å². The van der Waals surface area contributed by atoms with Gasteiger partial charge in [0.1, 0.15) is 0 Å². The van der Waals surface area contributed by atoms with E-state index in [4.69, 9.17) is 0 Å². The highest BCUT2D eigenvalue weighted by Crippen LogP contribution is 2.48. The molecule has 3 rings (SSSR count). The molecule has 1 aliphatic carbocycles. The maximum atomic E-state index is 12.0. The van der Waals surface area contributed by atoms with Crippen molar-refractivity contribution in [1.29, 1.82) is 0 Å². The summed E-state index contributed by atoms with van der Waals surface area (Å²) in [6.07, 6.45) is 2.26. The lowest BCUT2D eigenvalue weighted by Crippen LogP contribution is -2.24. The van der Waals surface area contributed by atoms with Crippen LogP contribution in [0, 0.1) is 5.92 Å². The van der Waals surface area contributed by atoms with E-state index in [-0.39, 0.29) is 11.8 Å². The van der Waals surface area contributed by atoms with E-state index in [0.717, 1.165) is 30.8 Å².